The van der Waals surface area contributed by atoms with Gasteiger partial charge in [-0.15, -0.1) is 0 Å². The van der Waals surface area contributed by atoms with Gasteiger partial charge in [-0.1, -0.05) is 6.07 Å². The molecule has 3 rings (SSSR count). The first-order valence-electron chi connectivity index (χ1n) is 5.91. The van der Waals surface area contributed by atoms with Gasteiger partial charge in [0.1, 0.15) is 11.6 Å². The topological polar surface area (TPSA) is 48.1 Å². The molecule has 3 nitrogen and oxygen atoms in total. The molecule has 20 heavy (non-hydrogen) atoms. The van der Waals surface area contributed by atoms with Crippen molar-refractivity contribution >= 4 is 16.6 Å². The molecule has 0 fully saturated rings. The first kappa shape index (κ1) is 12.3. The van der Waals surface area contributed by atoms with Crippen LogP contribution in [0.3, 0.4) is 0 Å². The van der Waals surface area contributed by atoms with E-state index in [4.69, 9.17) is 10.5 Å². The minimum Gasteiger partial charge on any atom is -0.454 e. The molecule has 0 amide bonds. The lowest BCUT2D eigenvalue weighted by atomic mass is 10.2. The molecule has 0 radical (unpaired) electrons. The molecule has 0 unspecified atom stereocenters. The normalized spacial score (nSPS) is 10.7. The smallest absolute Gasteiger partial charge is 0.168 e. The number of para-hydroxylation sites is 1. The Kier molecular flexibility index (Phi) is 2.95. The lowest BCUT2D eigenvalue weighted by molar-refractivity contribution is 0.441. The Balaban J connectivity index is 2.09. The van der Waals surface area contributed by atoms with E-state index in [1.165, 1.54) is 12.3 Å². The summed E-state index contributed by atoms with van der Waals surface area (Å²) < 4.78 is 32.0. The van der Waals surface area contributed by atoms with Crippen LogP contribution in [0.2, 0.25) is 0 Å². The maximum absolute atomic E-state index is 13.6. The molecule has 0 saturated carbocycles. The van der Waals surface area contributed by atoms with Gasteiger partial charge < -0.3 is 10.5 Å². The van der Waals surface area contributed by atoms with E-state index in [0.29, 0.717) is 22.3 Å². The standard InChI is InChI=1S/C15H10F2N2O/c16-9-4-5-14(11(17)8-9)20-13-6-7-19-15-10(13)2-1-3-12(15)18/h1-8H,18H2. The number of fused-ring (bicyclic) bond motifs is 1. The second-order valence-electron chi connectivity index (χ2n) is 4.23. The minimum absolute atomic E-state index is 0.0543. The fraction of sp³-hybridized carbons (Fsp3) is 0. The summed E-state index contributed by atoms with van der Waals surface area (Å²) in [6.07, 6.45) is 1.52. The lowest BCUT2D eigenvalue weighted by Gasteiger charge is -2.10. The molecule has 5 heteroatoms. The average Bonchev–Trinajstić information content (AvgIpc) is 2.43. The SMILES string of the molecule is Nc1cccc2c(Oc3ccc(F)cc3F)ccnc12. The van der Waals surface area contributed by atoms with E-state index < -0.39 is 11.6 Å². The van der Waals surface area contributed by atoms with Crippen LogP contribution < -0.4 is 10.5 Å². The van der Waals surface area contributed by atoms with Crippen molar-refractivity contribution in [3.63, 3.8) is 0 Å². The number of aromatic nitrogens is 1. The maximum Gasteiger partial charge on any atom is 0.168 e. The molecule has 0 aliphatic rings. The Hall–Kier alpha value is -2.69. The molecular weight excluding hydrogens is 262 g/mol. The van der Waals surface area contributed by atoms with Crippen LogP contribution in [-0.4, -0.2) is 4.98 Å². The number of nitrogen functional groups attached to an aromatic ring is 1. The molecule has 0 atom stereocenters. The summed E-state index contributed by atoms with van der Waals surface area (Å²) in [4.78, 5) is 4.16. The van der Waals surface area contributed by atoms with Gasteiger partial charge >= 0.3 is 0 Å². The van der Waals surface area contributed by atoms with E-state index in [0.717, 1.165) is 12.1 Å². The van der Waals surface area contributed by atoms with Gasteiger partial charge in [-0.3, -0.25) is 4.98 Å². The van der Waals surface area contributed by atoms with E-state index in [2.05, 4.69) is 4.98 Å². The van der Waals surface area contributed by atoms with Gasteiger partial charge in [-0.25, -0.2) is 8.78 Å². The number of rotatable bonds is 2. The molecule has 0 bridgehead atoms. The largest absolute Gasteiger partial charge is 0.454 e. The fourth-order valence-electron chi connectivity index (χ4n) is 1.94. The Bertz CT molecular complexity index is 790. The van der Waals surface area contributed by atoms with Crippen LogP contribution in [-0.2, 0) is 0 Å². The van der Waals surface area contributed by atoms with Crippen molar-refractivity contribution in [2.75, 3.05) is 5.73 Å². The van der Waals surface area contributed by atoms with Crippen molar-refractivity contribution in [1.82, 2.24) is 4.98 Å². The Morgan fingerprint density at radius 3 is 2.65 bits per heavy atom. The predicted molar refractivity (Wildman–Crippen MR) is 72.6 cm³/mol. The van der Waals surface area contributed by atoms with Gasteiger partial charge in [-0.05, 0) is 30.3 Å². The highest BCUT2D eigenvalue weighted by atomic mass is 19.1. The van der Waals surface area contributed by atoms with Gasteiger partial charge in [0.05, 0.1) is 11.2 Å². The number of pyridine rings is 1. The summed E-state index contributed by atoms with van der Waals surface area (Å²) in [7, 11) is 0. The number of hydrogen-bond acceptors (Lipinski definition) is 3. The second kappa shape index (κ2) is 4.77. The monoisotopic (exact) mass is 272 g/mol. The summed E-state index contributed by atoms with van der Waals surface area (Å²) in [5, 5.41) is 0.663. The van der Waals surface area contributed by atoms with Crippen LogP contribution in [0.5, 0.6) is 11.5 Å². The first-order chi connectivity index (χ1) is 9.65. The highest BCUT2D eigenvalue weighted by molar-refractivity contribution is 5.93. The molecule has 3 aromatic rings. The zero-order chi connectivity index (χ0) is 14.1. The maximum atomic E-state index is 13.6. The molecule has 2 N–H and O–H groups in total. The number of hydrogen-bond donors (Lipinski definition) is 1. The molecule has 0 spiro atoms. The van der Waals surface area contributed by atoms with Crippen LogP contribution in [0.15, 0.2) is 48.7 Å². The number of nitrogens with two attached hydrogens (primary N) is 1. The van der Waals surface area contributed by atoms with Crippen LogP contribution in [0, 0.1) is 11.6 Å². The van der Waals surface area contributed by atoms with Crippen molar-refractivity contribution in [3.8, 4) is 11.5 Å². The van der Waals surface area contributed by atoms with Crippen LogP contribution >= 0.6 is 0 Å². The van der Waals surface area contributed by atoms with Crippen molar-refractivity contribution < 1.29 is 13.5 Å². The average molecular weight is 272 g/mol. The number of ether oxygens (including phenoxy) is 1. The molecule has 0 saturated heterocycles. The molecule has 0 aliphatic carbocycles. The number of nitrogens with zero attached hydrogens (tertiary/aromatic N) is 1. The number of anilines is 1. The molecule has 1 aromatic heterocycles. The van der Waals surface area contributed by atoms with Crippen LogP contribution in [0.1, 0.15) is 0 Å². The van der Waals surface area contributed by atoms with Gasteiger partial charge in [0, 0.05) is 17.6 Å². The van der Waals surface area contributed by atoms with Gasteiger partial charge in [-0.2, -0.15) is 0 Å². The Morgan fingerprint density at radius 2 is 1.85 bits per heavy atom. The summed E-state index contributed by atoms with van der Waals surface area (Å²) in [6.45, 7) is 0. The van der Waals surface area contributed by atoms with Gasteiger partial charge in [0.15, 0.2) is 11.6 Å². The zero-order valence-corrected chi connectivity index (χ0v) is 10.3. The van der Waals surface area contributed by atoms with Gasteiger partial charge in [0.25, 0.3) is 0 Å². The molecule has 0 aliphatic heterocycles. The third-order valence-electron chi connectivity index (χ3n) is 2.88. The number of benzene rings is 2. The van der Waals surface area contributed by atoms with Crippen molar-refractivity contribution in [2.24, 2.45) is 0 Å². The van der Waals surface area contributed by atoms with Crippen molar-refractivity contribution in [3.05, 3.63) is 60.3 Å². The highest BCUT2D eigenvalue weighted by Gasteiger charge is 2.10. The molecular formula is C15H10F2N2O. The zero-order valence-electron chi connectivity index (χ0n) is 10.3. The molecule has 100 valence electrons. The van der Waals surface area contributed by atoms with Gasteiger partial charge in [0.2, 0.25) is 0 Å². The van der Waals surface area contributed by atoms with Crippen LogP contribution in [0.25, 0.3) is 10.9 Å². The predicted octanol–water partition coefficient (Wildman–Crippen LogP) is 3.89. The molecule has 2 aromatic carbocycles. The van der Waals surface area contributed by atoms with Crippen molar-refractivity contribution in [2.45, 2.75) is 0 Å². The van der Waals surface area contributed by atoms with Crippen LogP contribution in [0.4, 0.5) is 14.5 Å². The minimum atomic E-state index is -0.765. The van der Waals surface area contributed by atoms with E-state index in [9.17, 15) is 8.78 Å². The highest BCUT2D eigenvalue weighted by Crippen LogP contribution is 2.32. The third-order valence-corrected chi connectivity index (χ3v) is 2.88. The second-order valence-corrected chi connectivity index (χ2v) is 4.23. The third kappa shape index (κ3) is 2.14. The Labute approximate surface area is 113 Å². The summed E-state index contributed by atoms with van der Waals surface area (Å²) >= 11 is 0. The van der Waals surface area contributed by atoms with E-state index in [1.54, 1.807) is 24.3 Å². The summed E-state index contributed by atoms with van der Waals surface area (Å²) in [5.74, 6) is -1.06. The summed E-state index contributed by atoms with van der Waals surface area (Å²) in [6, 6.07) is 10.00. The van der Waals surface area contributed by atoms with Crippen molar-refractivity contribution in [1.29, 1.82) is 0 Å². The lowest BCUT2D eigenvalue weighted by Crippen LogP contribution is -1.93. The first-order valence-corrected chi connectivity index (χ1v) is 5.91. The Morgan fingerprint density at radius 1 is 1.00 bits per heavy atom. The number of halogens is 2. The fourth-order valence-corrected chi connectivity index (χ4v) is 1.94. The van der Waals surface area contributed by atoms with E-state index in [1.807, 2.05) is 0 Å². The summed E-state index contributed by atoms with van der Waals surface area (Å²) in [5.41, 5.74) is 6.91. The molecule has 1 heterocycles. The van der Waals surface area contributed by atoms with E-state index in [-0.39, 0.29) is 5.75 Å². The quantitative estimate of drug-likeness (QED) is 0.720. The van der Waals surface area contributed by atoms with E-state index >= 15 is 0 Å².